The molecular formula is C14H18N2O. The molecule has 2 rings (SSSR count). The number of furan rings is 1. The first-order valence-corrected chi connectivity index (χ1v) is 6.02. The second-order valence-electron chi connectivity index (χ2n) is 4.13. The van der Waals surface area contributed by atoms with Gasteiger partial charge in [0, 0.05) is 17.5 Å². The summed E-state index contributed by atoms with van der Waals surface area (Å²) in [6, 6.07) is 8.03. The van der Waals surface area contributed by atoms with Crippen LogP contribution in [0.1, 0.15) is 24.8 Å². The molecule has 17 heavy (non-hydrogen) atoms. The Hall–Kier alpha value is -1.61. The van der Waals surface area contributed by atoms with E-state index in [-0.39, 0.29) is 0 Å². The van der Waals surface area contributed by atoms with E-state index in [9.17, 15) is 0 Å². The Morgan fingerprint density at radius 1 is 1.24 bits per heavy atom. The van der Waals surface area contributed by atoms with Crippen molar-refractivity contribution in [1.82, 2.24) is 10.3 Å². The van der Waals surface area contributed by atoms with E-state index in [1.807, 2.05) is 37.4 Å². The molecule has 0 amide bonds. The minimum absolute atomic E-state index is 0.785. The SMILES string of the molecule is CCCNCc1ccc(-c2ccc(C)nc2)o1. The van der Waals surface area contributed by atoms with Crippen LogP contribution in [0.3, 0.4) is 0 Å². The van der Waals surface area contributed by atoms with Crippen molar-refractivity contribution < 1.29 is 4.42 Å². The fourth-order valence-corrected chi connectivity index (χ4v) is 1.63. The molecule has 90 valence electrons. The van der Waals surface area contributed by atoms with E-state index in [1.54, 1.807) is 0 Å². The van der Waals surface area contributed by atoms with Crippen molar-refractivity contribution in [3.8, 4) is 11.3 Å². The third kappa shape index (κ3) is 3.17. The second-order valence-corrected chi connectivity index (χ2v) is 4.13. The summed E-state index contributed by atoms with van der Waals surface area (Å²) >= 11 is 0. The summed E-state index contributed by atoms with van der Waals surface area (Å²) < 4.78 is 5.75. The maximum absolute atomic E-state index is 5.75. The molecule has 2 aromatic heterocycles. The Bertz CT molecular complexity index is 459. The fourth-order valence-electron chi connectivity index (χ4n) is 1.63. The lowest BCUT2D eigenvalue weighted by atomic mass is 10.2. The molecule has 0 aliphatic carbocycles. The number of aromatic nitrogens is 1. The molecule has 0 bridgehead atoms. The van der Waals surface area contributed by atoms with Crippen molar-refractivity contribution in [3.05, 3.63) is 41.9 Å². The van der Waals surface area contributed by atoms with E-state index >= 15 is 0 Å². The highest BCUT2D eigenvalue weighted by atomic mass is 16.3. The van der Waals surface area contributed by atoms with Crippen LogP contribution in [0.4, 0.5) is 0 Å². The summed E-state index contributed by atoms with van der Waals surface area (Å²) in [5, 5.41) is 3.32. The summed E-state index contributed by atoms with van der Waals surface area (Å²) in [6.45, 7) is 5.93. The van der Waals surface area contributed by atoms with Crippen molar-refractivity contribution in [3.63, 3.8) is 0 Å². The van der Waals surface area contributed by atoms with Gasteiger partial charge in [0.2, 0.25) is 0 Å². The molecule has 0 aliphatic heterocycles. The molecule has 0 unspecified atom stereocenters. The average Bonchev–Trinajstić information content (AvgIpc) is 2.79. The first kappa shape index (κ1) is 11.9. The zero-order valence-electron chi connectivity index (χ0n) is 10.4. The van der Waals surface area contributed by atoms with E-state index in [4.69, 9.17) is 4.42 Å². The lowest BCUT2D eigenvalue weighted by Gasteiger charge is -2.00. The molecule has 1 N–H and O–H groups in total. The number of pyridine rings is 1. The van der Waals surface area contributed by atoms with Crippen LogP contribution >= 0.6 is 0 Å². The molecule has 2 heterocycles. The lowest BCUT2D eigenvalue weighted by molar-refractivity contribution is 0.493. The van der Waals surface area contributed by atoms with Gasteiger partial charge in [-0.25, -0.2) is 0 Å². The summed E-state index contributed by atoms with van der Waals surface area (Å²) in [7, 11) is 0. The molecule has 0 aliphatic rings. The molecular weight excluding hydrogens is 212 g/mol. The molecule has 3 nitrogen and oxygen atoms in total. The first-order chi connectivity index (χ1) is 8.29. The van der Waals surface area contributed by atoms with E-state index < -0.39 is 0 Å². The van der Waals surface area contributed by atoms with Gasteiger partial charge in [-0.3, -0.25) is 4.98 Å². The number of hydrogen-bond acceptors (Lipinski definition) is 3. The Kier molecular flexibility index (Phi) is 3.94. The summed E-state index contributed by atoms with van der Waals surface area (Å²) in [5.41, 5.74) is 2.04. The summed E-state index contributed by atoms with van der Waals surface area (Å²) in [5.74, 6) is 1.85. The third-order valence-corrected chi connectivity index (χ3v) is 2.58. The van der Waals surface area contributed by atoms with Crippen molar-refractivity contribution >= 4 is 0 Å². The highest BCUT2D eigenvalue weighted by molar-refractivity contribution is 5.56. The first-order valence-electron chi connectivity index (χ1n) is 6.02. The van der Waals surface area contributed by atoms with Crippen LogP contribution in [0.15, 0.2) is 34.9 Å². The van der Waals surface area contributed by atoms with Gasteiger partial charge < -0.3 is 9.73 Å². The van der Waals surface area contributed by atoms with Crippen LogP contribution in [0.25, 0.3) is 11.3 Å². The zero-order chi connectivity index (χ0) is 12.1. The van der Waals surface area contributed by atoms with Crippen molar-refractivity contribution in [2.75, 3.05) is 6.54 Å². The van der Waals surface area contributed by atoms with Crippen LogP contribution in [0, 0.1) is 6.92 Å². The summed E-state index contributed by atoms with van der Waals surface area (Å²) in [4.78, 5) is 4.26. The van der Waals surface area contributed by atoms with E-state index in [0.29, 0.717) is 0 Å². The Morgan fingerprint density at radius 2 is 2.12 bits per heavy atom. The van der Waals surface area contributed by atoms with Crippen LogP contribution < -0.4 is 5.32 Å². The van der Waals surface area contributed by atoms with E-state index in [0.717, 1.165) is 42.3 Å². The maximum atomic E-state index is 5.75. The van der Waals surface area contributed by atoms with Crippen LogP contribution in [-0.4, -0.2) is 11.5 Å². The standard InChI is InChI=1S/C14H18N2O/c1-3-8-15-10-13-6-7-14(17-13)12-5-4-11(2)16-9-12/h4-7,9,15H,3,8,10H2,1-2H3. The maximum Gasteiger partial charge on any atom is 0.135 e. The highest BCUT2D eigenvalue weighted by Gasteiger charge is 2.04. The predicted octanol–water partition coefficient (Wildman–Crippen LogP) is 3.15. The number of nitrogens with one attached hydrogen (secondary N) is 1. The largest absolute Gasteiger partial charge is 0.460 e. The van der Waals surface area contributed by atoms with E-state index in [1.165, 1.54) is 0 Å². The number of nitrogens with zero attached hydrogens (tertiary/aromatic N) is 1. The smallest absolute Gasteiger partial charge is 0.135 e. The van der Waals surface area contributed by atoms with E-state index in [2.05, 4.69) is 17.2 Å². The molecule has 0 saturated heterocycles. The van der Waals surface area contributed by atoms with Crippen molar-refractivity contribution in [2.45, 2.75) is 26.8 Å². The third-order valence-electron chi connectivity index (χ3n) is 2.58. The fraction of sp³-hybridized carbons (Fsp3) is 0.357. The number of aryl methyl sites for hydroxylation is 1. The molecule has 0 radical (unpaired) electrons. The Labute approximate surface area is 102 Å². The molecule has 0 aromatic carbocycles. The number of hydrogen-bond donors (Lipinski definition) is 1. The Balaban J connectivity index is 2.04. The molecule has 0 spiro atoms. The van der Waals surface area contributed by atoms with Gasteiger partial charge in [0.25, 0.3) is 0 Å². The summed E-state index contributed by atoms with van der Waals surface area (Å²) in [6.07, 6.45) is 2.98. The minimum atomic E-state index is 0.785. The molecule has 3 heteroatoms. The van der Waals surface area contributed by atoms with Crippen molar-refractivity contribution in [1.29, 1.82) is 0 Å². The van der Waals surface area contributed by atoms with Gasteiger partial charge in [-0.1, -0.05) is 6.92 Å². The van der Waals surface area contributed by atoms with Gasteiger partial charge >= 0.3 is 0 Å². The molecule has 0 atom stereocenters. The van der Waals surface area contributed by atoms with Gasteiger partial charge in [-0.15, -0.1) is 0 Å². The molecule has 0 saturated carbocycles. The predicted molar refractivity (Wildman–Crippen MR) is 68.7 cm³/mol. The highest BCUT2D eigenvalue weighted by Crippen LogP contribution is 2.21. The lowest BCUT2D eigenvalue weighted by Crippen LogP contribution is -2.12. The van der Waals surface area contributed by atoms with Gasteiger partial charge in [0.15, 0.2) is 0 Å². The number of rotatable bonds is 5. The van der Waals surface area contributed by atoms with Gasteiger partial charge in [-0.2, -0.15) is 0 Å². The minimum Gasteiger partial charge on any atom is -0.460 e. The van der Waals surface area contributed by atoms with Gasteiger partial charge in [0.1, 0.15) is 11.5 Å². The molecule has 2 aromatic rings. The van der Waals surface area contributed by atoms with Crippen LogP contribution in [0.2, 0.25) is 0 Å². The Morgan fingerprint density at radius 3 is 2.82 bits per heavy atom. The van der Waals surface area contributed by atoms with Gasteiger partial charge in [-0.05, 0) is 44.2 Å². The zero-order valence-corrected chi connectivity index (χ0v) is 10.4. The van der Waals surface area contributed by atoms with Crippen molar-refractivity contribution in [2.24, 2.45) is 0 Å². The monoisotopic (exact) mass is 230 g/mol. The quantitative estimate of drug-likeness (QED) is 0.802. The normalized spacial score (nSPS) is 10.7. The average molecular weight is 230 g/mol. The molecule has 0 fully saturated rings. The van der Waals surface area contributed by atoms with Crippen LogP contribution in [-0.2, 0) is 6.54 Å². The second kappa shape index (κ2) is 5.64. The van der Waals surface area contributed by atoms with Gasteiger partial charge in [0.05, 0.1) is 6.54 Å². The van der Waals surface area contributed by atoms with Crippen LogP contribution in [0.5, 0.6) is 0 Å². The topological polar surface area (TPSA) is 38.1 Å².